The topological polar surface area (TPSA) is 62.3 Å². The maximum Gasteiger partial charge on any atom is 0.238 e. The minimum Gasteiger partial charge on any atom is -0.309 e. The number of hydrogen-bond acceptors (Lipinski definition) is 5. The van der Waals surface area contributed by atoms with Crippen LogP contribution in [0.2, 0.25) is 0 Å². The number of nitrogens with zero attached hydrogens (tertiary/aromatic N) is 2. The van der Waals surface area contributed by atoms with Crippen LogP contribution in [0, 0.1) is 11.8 Å². The molecule has 2 bridgehead atoms. The van der Waals surface area contributed by atoms with E-state index in [0.29, 0.717) is 5.13 Å². The normalized spacial score (nSPS) is 26.5. The molecule has 1 aliphatic heterocycles. The number of hydrogen-bond donors (Lipinski definition) is 1. The molecule has 0 radical (unpaired) electrons. The van der Waals surface area contributed by atoms with Gasteiger partial charge in [0.2, 0.25) is 11.8 Å². The highest BCUT2D eigenvalue weighted by atomic mass is 32.1. The Labute approximate surface area is 128 Å². The van der Waals surface area contributed by atoms with Crippen molar-refractivity contribution >= 4 is 28.3 Å². The van der Waals surface area contributed by atoms with Crippen molar-refractivity contribution in [3.8, 4) is 0 Å². The van der Waals surface area contributed by atoms with E-state index in [0.717, 1.165) is 37.9 Å². The lowest BCUT2D eigenvalue weighted by atomic mass is 9.98. The molecule has 6 heteroatoms. The fourth-order valence-corrected chi connectivity index (χ4v) is 4.06. The van der Waals surface area contributed by atoms with Gasteiger partial charge < -0.3 is 5.32 Å². The number of carbonyl (C=O) groups is 2. The predicted molar refractivity (Wildman–Crippen MR) is 82.1 cm³/mol. The van der Waals surface area contributed by atoms with Crippen LogP contribution in [0.5, 0.6) is 0 Å². The van der Waals surface area contributed by atoms with Gasteiger partial charge in [0.05, 0.1) is 5.69 Å². The summed E-state index contributed by atoms with van der Waals surface area (Å²) in [5.74, 6) is -0.0565. The van der Waals surface area contributed by atoms with Crippen LogP contribution in [0.3, 0.4) is 0 Å². The van der Waals surface area contributed by atoms with Gasteiger partial charge in [-0.2, -0.15) is 0 Å². The smallest absolute Gasteiger partial charge is 0.238 e. The third-order valence-corrected chi connectivity index (χ3v) is 5.26. The number of carbonyl (C=O) groups excluding carboxylic acids is 2. The van der Waals surface area contributed by atoms with Crippen molar-refractivity contribution in [3.63, 3.8) is 0 Å². The molecule has 1 aromatic rings. The fraction of sp³-hybridized carbons (Fsp3) is 0.667. The average Bonchev–Trinajstić information content (AvgIpc) is 3.11. The summed E-state index contributed by atoms with van der Waals surface area (Å²) in [5.41, 5.74) is 0.905. The van der Waals surface area contributed by atoms with Crippen LogP contribution in [0.4, 0.5) is 5.13 Å². The Hall–Kier alpha value is -1.27. The summed E-state index contributed by atoms with van der Waals surface area (Å²) >= 11 is 1.39. The zero-order chi connectivity index (χ0) is 15.0. The number of piperidine rings is 1. The van der Waals surface area contributed by atoms with E-state index in [-0.39, 0.29) is 29.7 Å². The second-order valence-corrected chi connectivity index (χ2v) is 6.79. The molecule has 3 atom stereocenters. The Balaban J connectivity index is 1.79. The minimum absolute atomic E-state index is 0.0238. The Kier molecular flexibility index (Phi) is 4.08. The lowest BCUT2D eigenvalue weighted by molar-refractivity contribution is -0.132. The summed E-state index contributed by atoms with van der Waals surface area (Å²) in [5, 5.41) is 5.86. The third-order valence-electron chi connectivity index (χ3n) is 4.42. The van der Waals surface area contributed by atoms with Crippen molar-refractivity contribution < 1.29 is 9.59 Å². The van der Waals surface area contributed by atoms with Crippen LogP contribution in [-0.2, 0) is 9.59 Å². The Morgan fingerprint density at radius 2 is 2.05 bits per heavy atom. The van der Waals surface area contributed by atoms with E-state index in [1.807, 2.05) is 5.38 Å². The molecular formula is C15H21N3O2S. The van der Waals surface area contributed by atoms with Crippen LogP contribution in [0.15, 0.2) is 5.38 Å². The average molecular weight is 307 g/mol. The van der Waals surface area contributed by atoms with Crippen LogP contribution in [-0.4, -0.2) is 23.3 Å². The van der Waals surface area contributed by atoms with Crippen molar-refractivity contribution in [2.75, 3.05) is 11.4 Å². The first-order chi connectivity index (χ1) is 10.1. The quantitative estimate of drug-likeness (QED) is 0.849. The number of amides is 2. The van der Waals surface area contributed by atoms with Gasteiger partial charge in [-0.3, -0.25) is 9.59 Å². The SMILES string of the molecule is CCCNC(C)c1csc(N2C(=O)C3CCC(C3)C2=O)n1. The maximum atomic E-state index is 12.4. The molecule has 21 heavy (non-hydrogen) atoms. The molecule has 2 fully saturated rings. The molecule has 2 heterocycles. The van der Waals surface area contributed by atoms with E-state index in [1.54, 1.807) is 0 Å². The van der Waals surface area contributed by atoms with Crippen molar-refractivity contribution in [1.82, 2.24) is 10.3 Å². The number of fused-ring (bicyclic) bond motifs is 2. The fourth-order valence-electron chi connectivity index (χ4n) is 3.14. The first-order valence-corrected chi connectivity index (χ1v) is 8.56. The first-order valence-electron chi connectivity index (χ1n) is 7.68. The third kappa shape index (κ3) is 2.62. The number of thiazole rings is 1. The molecule has 1 aromatic heterocycles. The summed E-state index contributed by atoms with van der Waals surface area (Å²) in [6.45, 7) is 5.10. The highest BCUT2D eigenvalue weighted by molar-refractivity contribution is 7.14. The monoisotopic (exact) mass is 307 g/mol. The van der Waals surface area contributed by atoms with Crippen LogP contribution in [0.25, 0.3) is 0 Å². The molecule has 1 N–H and O–H groups in total. The second kappa shape index (κ2) is 5.85. The summed E-state index contributed by atoms with van der Waals surface area (Å²) < 4.78 is 0. The van der Waals surface area contributed by atoms with Gasteiger partial charge in [-0.25, -0.2) is 9.88 Å². The summed E-state index contributed by atoms with van der Waals surface area (Å²) in [7, 11) is 0. The molecule has 1 saturated carbocycles. The lowest BCUT2D eigenvalue weighted by Gasteiger charge is -2.27. The largest absolute Gasteiger partial charge is 0.309 e. The van der Waals surface area contributed by atoms with E-state index in [4.69, 9.17) is 0 Å². The van der Waals surface area contributed by atoms with Gasteiger partial charge in [0.15, 0.2) is 5.13 Å². The van der Waals surface area contributed by atoms with Gasteiger partial charge in [-0.05, 0) is 39.2 Å². The summed E-state index contributed by atoms with van der Waals surface area (Å²) in [6.07, 6.45) is 3.49. The van der Waals surface area contributed by atoms with Gasteiger partial charge in [0, 0.05) is 23.3 Å². The number of imide groups is 1. The van der Waals surface area contributed by atoms with Crippen LogP contribution < -0.4 is 10.2 Å². The molecule has 2 aliphatic rings. The molecule has 0 spiro atoms. The van der Waals surface area contributed by atoms with Crippen molar-refractivity contribution in [1.29, 1.82) is 0 Å². The van der Waals surface area contributed by atoms with E-state index < -0.39 is 0 Å². The van der Waals surface area contributed by atoms with Crippen LogP contribution in [0.1, 0.15) is 51.3 Å². The molecule has 5 nitrogen and oxygen atoms in total. The van der Waals surface area contributed by atoms with E-state index in [9.17, 15) is 9.59 Å². The first kappa shape index (κ1) is 14.7. The lowest BCUT2D eigenvalue weighted by Crippen LogP contribution is -2.46. The molecule has 0 aromatic carbocycles. The molecular weight excluding hydrogens is 286 g/mol. The molecule has 1 aliphatic carbocycles. The maximum absolute atomic E-state index is 12.4. The highest BCUT2D eigenvalue weighted by Crippen LogP contribution is 2.40. The molecule has 114 valence electrons. The van der Waals surface area contributed by atoms with Crippen molar-refractivity contribution in [3.05, 3.63) is 11.1 Å². The van der Waals surface area contributed by atoms with E-state index in [1.165, 1.54) is 16.2 Å². The summed E-state index contributed by atoms with van der Waals surface area (Å²) in [6, 6.07) is 0.140. The Morgan fingerprint density at radius 3 is 2.67 bits per heavy atom. The zero-order valence-corrected chi connectivity index (χ0v) is 13.3. The van der Waals surface area contributed by atoms with Gasteiger partial charge in [0.1, 0.15) is 0 Å². The van der Waals surface area contributed by atoms with E-state index >= 15 is 0 Å². The zero-order valence-electron chi connectivity index (χ0n) is 12.5. The van der Waals surface area contributed by atoms with Gasteiger partial charge >= 0.3 is 0 Å². The Bertz CT molecular complexity index is 535. The number of aromatic nitrogens is 1. The van der Waals surface area contributed by atoms with Crippen LogP contribution >= 0.6 is 11.3 Å². The molecule has 1 saturated heterocycles. The highest BCUT2D eigenvalue weighted by Gasteiger charge is 2.46. The Morgan fingerprint density at radius 1 is 1.38 bits per heavy atom. The molecule has 3 rings (SSSR count). The van der Waals surface area contributed by atoms with Gasteiger partial charge in [-0.15, -0.1) is 11.3 Å². The standard InChI is InChI=1S/C15H21N3O2S/c1-3-6-16-9(2)12-8-21-15(17-12)18-13(19)10-4-5-11(7-10)14(18)20/h8-11,16H,3-7H2,1-2H3. The van der Waals surface area contributed by atoms with Gasteiger partial charge in [-0.1, -0.05) is 6.92 Å². The van der Waals surface area contributed by atoms with Crippen molar-refractivity contribution in [2.45, 2.75) is 45.6 Å². The number of anilines is 1. The molecule has 3 unspecified atom stereocenters. The predicted octanol–water partition coefficient (Wildman–Crippen LogP) is 2.49. The summed E-state index contributed by atoms with van der Waals surface area (Å²) in [4.78, 5) is 30.7. The van der Waals surface area contributed by atoms with E-state index in [2.05, 4.69) is 24.1 Å². The van der Waals surface area contributed by atoms with Crippen molar-refractivity contribution in [2.24, 2.45) is 11.8 Å². The number of nitrogens with one attached hydrogen (secondary N) is 1. The number of rotatable bonds is 5. The second-order valence-electron chi connectivity index (χ2n) is 5.95. The molecule has 2 amide bonds. The van der Waals surface area contributed by atoms with Gasteiger partial charge in [0.25, 0.3) is 0 Å². The minimum atomic E-state index is -0.0520.